The summed E-state index contributed by atoms with van der Waals surface area (Å²) in [6.45, 7) is 1.77. The van der Waals surface area contributed by atoms with Gasteiger partial charge in [-0.3, -0.25) is 0 Å². The van der Waals surface area contributed by atoms with Crippen LogP contribution in [-0.4, -0.2) is 23.2 Å². The first kappa shape index (κ1) is 10.4. The molecular formula is C12H16N2OS. The van der Waals surface area contributed by atoms with Crippen molar-refractivity contribution in [3.8, 4) is 0 Å². The summed E-state index contributed by atoms with van der Waals surface area (Å²) >= 11 is 5.21. The van der Waals surface area contributed by atoms with Crippen LogP contribution in [0, 0.1) is 10.6 Å². The molecule has 0 bridgehead atoms. The van der Waals surface area contributed by atoms with Gasteiger partial charge in [0.2, 0.25) is 0 Å². The maximum Gasteiger partial charge on any atom is 0.129 e. The summed E-state index contributed by atoms with van der Waals surface area (Å²) in [5.41, 5.74) is 1.29. The van der Waals surface area contributed by atoms with Gasteiger partial charge < -0.3 is 9.72 Å². The SMILES string of the molecule is S=c1cc(C2CC2)[nH]c(CC2CCOC2)n1. The second-order valence-corrected chi connectivity index (χ2v) is 5.25. The predicted molar refractivity (Wildman–Crippen MR) is 64.0 cm³/mol. The molecule has 1 aromatic rings. The molecule has 1 N–H and O–H groups in total. The van der Waals surface area contributed by atoms with Crippen LogP contribution in [0.25, 0.3) is 0 Å². The minimum Gasteiger partial charge on any atom is -0.381 e. The standard InChI is InChI=1S/C12H16N2OS/c16-12-6-10(9-1-2-9)13-11(14-12)5-8-3-4-15-7-8/h6,8-9H,1-5,7H2,(H,13,14,16). The third-order valence-electron chi connectivity index (χ3n) is 3.34. The minimum absolute atomic E-state index is 0.618. The quantitative estimate of drug-likeness (QED) is 0.820. The average molecular weight is 236 g/mol. The van der Waals surface area contributed by atoms with Gasteiger partial charge in [-0.25, -0.2) is 4.98 Å². The van der Waals surface area contributed by atoms with Gasteiger partial charge in [0.25, 0.3) is 0 Å². The number of nitrogens with one attached hydrogen (secondary N) is 1. The number of rotatable bonds is 3. The molecule has 16 heavy (non-hydrogen) atoms. The number of hydrogen-bond acceptors (Lipinski definition) is 3. The predicted octanol–water partition coefficient (Wildman–Crippen LogP) is 2.60. The second-order valence-electron chi connectivity index (χ2n) is 4.83. The van der Waals surface area contributed by atoms with Gasteiger partial charge in [-0.05, 0) is 37.2 Å². The molecule has 86 valence electrons. The van der Waals surface area contributed by atoms with Crippen molar-refractivity contribution in [2.24, 2.45) is 5.92 Å². The van der Waals surface area contributed by atoms with Crippen LogP contribution in [0.4, 0.5) is 0 Å². The number of hydrogen-bond donors (Lipinski definition) is 1. The lowest BCUT2D eigenvalue weighted by Gasteiger charge is -2.08. The Hall–Kier alpha value is -0.740. The van der Waals surface area contributed by atoms with E-state index in [0.717, 1.165) is 36.5 Å². The molecule has 1 aliphatic heterocycles. The van der Waals surface area contributed by atoms with E-state index in [-0.39, 0.29) is 0 Å². The molecule has 0 spiro atoms. The summed E-state index contributed by atoms with van der Waals surface area (Å²) in [6, 6.07) is 2.02. The zero-order valence-electron chi connectivity index (χ0n) is 9.24. The number of nitrogens with zero attached hydrogens (tertiary/aromatic N) is 1. The van der Waals surface area contributed by atoms with Crippen molar-refractivity contribution in [1.29, 1.82) is 0 Å². The van der Waals surface area contributed by atoms with Crippen LogP contribution in [0.5, 0.6) is 0 Å². The second kappa shape index (κ2) is 4.26. The van der Waals surface area contributed by atoms with Crippen LogP contribution in [0.1, 0.15) is 36.7 Å². The van der Waals surface area contributed by atoms with Crippen molar-refractivity contribution in [1.82, 2.24) is 9.97 Å². The van der Waals surface area contributed by atoms with Gasteiger partial charge in [0.1, 0.15) is 10.5 Å². The third kappa shape index (κ3) is 2.33. The molecule has 0 radical (unpaired) electrons. The van der Waals surface area contributed by atoms with Gasteiger partial charge in [-0.15, -0.1) is 0 Å². The normalized spacial score (nSPS) is 24.9. The lowest BCUT2D eigenvalue weighted by atomic mass is 10.0. The molecular weight excluding hydrogens is 220 g/mol. The zero-order chi connectivity index (χ0) is 11.0. The van der Waals surface area contributed by atoms with E-state index in [4.69, 9.17) is 17.0 Å². The van der Waals surface area contributed by atoms with E-state index < -0.39 is 0 Å². The van der Waals surface area contributed by atoms with Crippen molar-refractivity contribution < 1.29 is 4.74 Å². The zero-order valence-corrected chi connectivity index (χ0v) is 10.1. The summed E-state index contributed by atoms with van der Waals surface area (Å²) < 4.78 is 6.11. The van der Waals surface area contributed by atoms with Gasteiger partial charge in [0.05, 0.1) is 0 Å². The van der Waals surface area contributed by atoms with E-state index >= 15 is 0 Å². The molecule has 1 saturated carbocycles. The highest BCUT2D eigenvalue weighted by atomic mass is 32.1. The fraction of sp³-hybridized carbons (Fsp3) is 0.667. The average Bonchev–Trinajstić information content (AvgIpc) is 2.98. The Morgan fingerprint density at radius 1 is 1.44 bits per heavy atom. The van der Waals surface area contributed by atoms with Crippen LogP contribution >= 0.6 is 12.2 Å². The highest BCUT2D eigenvalue weighted by Crippen LogP contribution is 2.38. The van der Waals surface area contributed by atoms with Crippen molar-refractivity contribution >= 4 is 12.2 Å². The van der Waals surface area contributed by atoms with Crippen LogP contribution in [0.15, 0.2) is 6.07 Å². The van der Waals surface area contributed by atoms with Gasteiger partial charge in [0.15, 0.2) is 0 Å². The number of aromatic amines is 1. The summed E-state index contributed by atoms with van der Waals surface area (Å²) in [7, 11) is 0. The lowest BCUT2D eigenvalue weighted by molar-refractivity contribution is 0.185. The fourth-order valence-electron chi connectivity index (χ4n) is 2.26. The Balaban J connectivity index is 1.79. The van der Waals surface area contributed by atoms with Crippen LogP contribution in [0.2, 0.25) is 0 Å². The molecule has 0 aromatic carbocycles. The highest BCUT2D eigenvalue weighted by Gasteiger charge is 2.25. The number of H-pyrrole nitrogens is 1. The van der Waals surface area contributed by atoms with Gasteiger partial charge in [-0.1, -0.05) is 12.2 Å². The van der Waals surface area contributed by atoms with Crippen LogP contribution in [0.3, 0.4) is 0 Å². The molecule has 1 unspecified atom stereocenters. The molecule has 2 fully saturated rings. The van der Waals surface area contributed by atoms with Gasteiger partial charge in [-0.2, -0.15) is 0 Å². The molecule has 3 nitrogen and oxygen atoms in total. The van der Waals surface area contributed by atoms with E-state index in [1.807, 2.05) is 6.07 Å². The van der Waals surface area contributed by atoms with Crippen molar-refractivity contribution in [2.45, 2.75) is 31.6 Å². The smallest absolute Gasteiger partial charge is 0.129 e. The topological polar surface area (TPSA) is 37.9 Å². The molecule has 0 amide bonds. The van der Waals surface area contributed by atoms with E-state index in [9.17, 15) is 0 Å². The van der Waals surface area contributed by atoms with Crippen LogP contribution in [-0.2, 0) is 11.2 Å². The monoisotopic (exact) mass is 236 g/mol. The van der Waals surface area contributed by atoms with E-state index in [0.29, 0.717) is 11.8 Å². The molecule has 1 saturated heterocycles. The first-order valence-corrected chi connectivity index (χ1v) is 6.40. The fourth-order valence-corrected chi connectivity index (χ4v) is 2.49. The number of aromatic nitrogens is 2. The largest absolute Gasteiger partial charge is 0.381 e. The summed E-state index contributed by atoms with van der Waals surface area (Å²) in [5, 5.41) is 0. The molecule has 1 aromatic heterocycles. The highest BCUT2D eigenvalue weighted by molar-refractivity contribution is 7.71. The van der Waals surface area contributed by atoms with E-state index in [1.165, 1.54) is 18.5 Å². The lowest BCUT2D eigenvalue weighted by Crippen LogP contribution is -2.08. The molecule has 4 heteroatoms. The first-order chi connectivity index (χ1) is 7.81. The molecule has 1 atom stereocenters. The first-order valence-electron chi connectivity index (χ1n) is 5.99. The Bertz CT molecular complexity index is 433. The van der Waals surface area contributed by atoms with Gasteiger partial charge in [0, 0.05) is 25.3 Å². The Labute approximate surface area is 100 Å². The Morgan fingerprint density at radius 2 is 2.31 bits per heavy atom. The van der Waals surface area contributed by atoms with Crippen LogP contribution < -0.4 is 0 Å². The Morgan fingerprint density at radius 3 is 3.00 bits per heavy atom. The maximum atomic E-state index is 5.38. The van der Waals surface area contributed by atoms with Crippen molar-refractivity contribution in [3.05, 3.63) is 22.2 Å². The summed E-state index contributed by atoms with van der Waals surface area (Å²) in [4.78, 5) is 7.85. The summed E-state index contributed by atoms with van der Waals surface area (Å²) in [6.07, 6.45) is 4.71. The molecule has 1 aliphatic carbocycles. The molecule has 3 rings (SSSR count). The number of ether oxygens (including phenoxy) is 1. The third-order valence-corrected chi connectivity index (χ3v) is 3.55. The Kier molecular flexibility index (Phi) is 2.77. The molecule has 2 heterocycles. The van der Waals surface area contributed by atoms with Crippen molar-refractivity contribution in [3.63, 3.8) is 0 Å². The molecule has 2 aliphatic rings. The summed E-state index contributed by atoms with van der Waals surface area (Å²) in [5.74, 6) is 2.38. The van der Waals surface area contributed by atoms with E-state index in [1.54, 1.807) is 0 Å². The van der Waals surface area contributed by atoms with E-state index in [2.05, 4.69) is 9.97 Å². The van der Waals surface area contributed by atoms with Gasteiger partial charge >= 0.3 is 0 Å². The maximum absolute atomic E-state index is 5.38. The minimum atomic E-state index is 0.618. The van der Waals surface area contributed by atoms with Crippen molar-refractivity contribution in [2.75, 3.05) is 13.2 Å².